The van der Waals surface area contributed by atoms with E-state index in [1.165, 1.54) is 37.3 Å². The average molecular weight is 363 g/mol. The van der Waals surface area contributed by atoms with E-state index in [4.69, 9.17) is 39.5 Å². The van der Waals surface area contributed by atoms with Gasteiger partial charge in [-0.25, -0.2) is 4.39 Å². The highest BCUT2D eigenvalue weighted by molar-refractivity contribution is 6.43. The fourth-order valence-electron chi connectivity index (χ4n) is 1.64. The predicted octanol–water partition coefficient (Wildman–Crippen LogP) is 5.19. The molecule has 0 saturated carbocycles. The van der Waals surface area contributed by atoms with Crippen LogP contribution in [0, 0.1) is 5.82 Å². The zero-order valence-corrected chi connectivity index (χ0v) is 13.6. The summed E-state index contributed by atoms with van der Waals surface area (Å²) in [5.41, 5.74) is 0.0724. The minimum atomic E-state index is -0.908. The monoisotopic (exact) mass is 361 g/mol. The highest BCUT2D eigenvalue weighted by Gasteiger charge is 2.18. The fraction of sp³-hybridized carbons (Fsp3) is 0.133. The first-order valence-electron chi connectivity index (χ1n) is 6.25. The lowest BCUT2D eigenvalue weighted by atomic mass is 10.2. The van der Waals surface area contributed by atoms with Gasteiger partial charge in [-0.15, -0.1) is 0 Å². The second-order valence-electron chi connectivity index (χ2n) is 4.43. The average Bonchev–Trinajstić information content (AvgIpc) is 2.47. The van der Waals surface area contributed by atoms with Gasteiger partial charge < -0.3 is 10.1 Å². The summed E-state index contributed by atoms with van der Waals surface area (Å²) in [6.07, 6.45) is -0.908. The molecule has 7 heteroatoms. The number of halogens is 4. The molecule has 0 radical (unpaired) electrons. The van der Waals surface area contributed by atoms with Gasteiger partial charge in [0.25, 0.3) is 5.91 Å². The van der Waals surface area contributed by atoms with Crippen molar-refractivity contribution in [1.29, 1.82) is 0 Å². The van der Waals surface area contributed by atoms with Crippen LogP contribution in [0.15, 0.2) is 36.4 Å². The molecule has 0 bridgehead atoms. The van der Waals surface area contributed by atoms with E-state index >= 15 is 0 Å². The molecule has 2 aromatic carbocycles. The van der Waals surface area contributed by atoms with Crippen molar-refractivity contribution in [3.63, 3.8) is 0 Å². The molecule has 2 rings (SSSR count). The van der Waals surface area contributed by atoms with Crippen LogP contribution in [0.1, 0.15) is 6.92 Å². The van der Waals surface area contributed by atoms with Crippen LogP contribution in [0.5, 0.6) is 5.75 Å². The molecule has 1 atom stereocenters. The summed E-state index contributed by atoms with van der Waals surface area (Å²) >= 11 is 17.7. The van der Waals surface area contributed by atoms with E-state index in [0.717, 1.165) is 0 Å². The highest BCUT2D eigenvalue weighted by atomic mass is 35.5. The summed E-state index contributed by atoms with van der Waals surface area (Å²) in [4.78, 5) is 12.0. The molecule has 1 amide bonds. The molecule has 0 fully saturated rings. The summed E-state index contributed by atoms with van der Waals surface area (Å²) < 4.78 is 18.9. The van der Waals surface area contributed by atoms with Gasteiger partial charge in [-0.05, 0) is 25.1 Å². The second kappa shape index (κ2) is 7.18. The molecule has 22 heavy (non-hydrogen) atoms. The number of rotatable bonds is 4. The van der Waals surface area contributed by atoms with Crippen LogP contribution in [0.4, 0.5) is 10.1 Å². The zero-order chi connectivity index (χ0) is 16.3. The van der Waals surface area contributed by atoms with Crippen molar-refractivity contribution >= 4 is 46.4 Å². The lowest BCUT2D eigenvalue weighted by molar-refractivity contribution is -0.122. The van der Waals surface area contributed by atoms with E-state index in [0.29, 0.717) is 0 Å². The Bertz CT molecular complexity index is 709. The quantitative estimate of drug-likeness (QED) is 0.760. The number of benzene rings is 2. The summed E-state index contributed by atoms with van der Waals surface area (Å²) in [7, 11) is 0. The predicted molar refractivity (Wildman–Crippen MR) is 86.6 cm³/mol. The third kappa shape index (κ3) is 4.03. The molecule has 0 heterocycles. The molecule has 2 aromatic rings. The first-order chi connectivity index (χ1) is 10.4. The molecule has 0 aliphatic rings. The minimum Gasteiger partial charge on any atom is -0.479 e. The molecule has 0 aliphatic carbocycles. The maximum atomic E-state index is 13.5. The highest BCUT2D eigenvalue weighted by Crippen LogP contribution is 2.34. The summed E-state index contributed by atoms with van der Waals surface area (Å²) in [5.74, 6) is -0.838. The Balaban J connectivity index is 2.09. The Morgan fingerprint density at radius 2 is 1.77 bits per heavy atom. The van der Waals surface area contributed by atoms with E-state index in [1.807, 2.05) is 0 Å². The molecule has 3 nitrogen and oxygen atoms in total. The van der Waals surface area contributed by atoms with Crippen LogP contribution in [0.2, 0.25) is 15.1 Å². The van der Waals surface area contributed by atoms with Gasteiger partial charge in [0.2, 0.25) is 0 Å². The standard InChI is InChI=1S/C15H11Cl3FNO2/c1-8(15(21)20-13-5-3-2-4-12(13)19)22-14-7-10(17)9(16)6-11(14)18/h2-8H,1H3,(H,20,21)/t8-/m0/s1. The van der Waals surface area contributed by atoms with E-state index in [1.54, 1.807) is 6.07 Å². The maximum Gasteiger partial charge on any atom is 0.265 e. The largest absolute Gasteiger partial charge is 0.479 e. The van der Waals surface area contributed by atoms with Crippen molar-refractivity contribution in [1.82, 2.24) is 0 Å². The van der Waals surface area contributed by atoms with Gasteiger partial charge in [0, 0.05) is 6.07 Å². The molecule has 1 N–H and O–H groups in total. The minimum absolute atomic E-state index is 0.0724. The van der Waals surface area contributed by atoms with Crippen LogP contribution in [0.25, 0.3) is 0 Å². The van der Waals surface area contributed by atoms with Crippen molar-refractivity contribution in [2.24, 2.45) is 0 Å². The van der Waals surface area contributed by atoms with Crippen molar-refractivity contribution in [3.8, 4) is 5.75 Å². The van der Waals surface area contributed by atoms with Crippen LogP contribution < -0.4 is 10.1 Å². The number of nitrogens with one attached hydrogen (secondary N) is 1. The van der Waals surface area contributed by atoms with Crippen molar-refractivity contribution in [2.45, 2.75) is 13.0 Å². The van der Waals surface area contributed by atoms with Crippen LogP contribution in [-0.4, -0.2) is 12.0 Å². The molecule has 0 aliphatic heterocycles. The Labute approximate surface area is 141 Å². The number of anilines is 1. The fourth-order valence-corrected chi connectivity index (χ4v) is 2.22. The Kier molecular flexibility index (Phi) is 5.51. The first kappa shape index (κ1) is 16.9. The van der Waals surface area contributed by atoms with Crippen LogP contribution >= 0.6 is 34.8 Å². The third-order valence-corrected chi connectivity index (χ3v) is 3.80. The van der Waals surface area contributed by atoms with E-state index in [9.17, 15) is 9.18 Å². The number of carbonyl (C=O) groups is 1. The summed E-state index contributed by atoms with van der Waals surface area (Å²) in [5, 5.41) is 3.19. The summed E-state index contributed by atoms with van der Waals surface area (Å²) in [6.45, 7) is 1.51. The Morgan fingerprint density at radius 1 is 1.14 bits per heavy atom. The van der Waals surface area contributed by atoms with E-state index < -0.39 is 17.8 Å². The Hall–Kier alpha value is -1.49. The number of para-hydroxylation sites is 1. The van der Waals surface area contributed by atoms with Gasteiger partial charge >= 0.3 is 0 Å². The van der Waals surface area contributed by atoms with Crippen LogP contribution in [0.3, 0.4) is 0 Å². The van der Waals surface area contributed by atoms with Crippen LogP contribution in [-0.2, 0) is 4.79 Å². The molecular formula is C15H11Cl3FNO2. The van der Waals surface area contributed by atoms with Gasteiger partial charge in [-0.3, -0.25) is 4.79 Å². The normalized spacial score (nSPS) is 11.9. The first-order valence-corrected chi connectivity index (χ1v) is 7.38. The lowest BCUT2D eigenvalue weighted by Crippen LogP contribution is -2.30. The van der Waals surface area contributed by atoms with Gasteiger partial charge in [0.1, 0.15) is 11.6 Å². The van der Waals surface area contributed by atoms with Gasteiger partial charge in [-0.2, -0.15) is 0 Å². The lowest BCUT2D eigenvalue weighted by Gasteiger charge is -2.16. The molecule has 0 unspecified atom stereocenters. The topological polar surface area (TPSA) is 38.3 Å². The van der Waals surface area contributed by atoms with Gasteiger partial charge in [-0.1, -0.05) is 46.9 Å². The molecule has 0 saturated heterocycles. The Morgan fingerprint density at radius 3 is 2.45 bits per heavy atom. The van der Waals surface area contributed by atoms with E-state index in [2.05, 4.69) is 5.32 Å². The second-order valence-corrected chi connectivity index (χ2v) is 5.65. The summed E-state index contributed by atoms with van der Waals surface area (Å²) in [6, 6.07) is 8.67. The third-order valence-electron chi connectivity index (χ3n) is 2.78. The number of carbonyl (C=O) groups excluding carboxylic acids is 1. The smallest absolute Gasteiger partial charge is 0.265 e. The SMILES string of the molecule is C[C@H](Oc1cc(Cl)c(Cl)cc1Cl)C(=O)Nc1ccccc1F. The zero-order valence-electron chi connectivity index (χ0n) is 11.4. The number of hydrogen-bond acceptors (Lipinski definition) is 2. The molecule has 116 valence electrons. The van der Waals surface area contributed by atoms with E-state index in [-0.39, 0.29) is 26.5 Å². The number of ether oxygens (including phenoxy) is 1. The van der Waals surface area contributed by atoms with Crippen molar-refractivity contribution < 1.29 is 13.9 Å². The molecular weight excluding hydrogens is 352 g/mol. The molecule has 0 spiro atoms. The van der Waals surface area contributed by atoms with Crippen molar-refractivity contribution in [2.75, 3.05) is 5.32 Å². The van der Waals surface area contributed by atoms with Crippen molar-refractivity contribution in [3.05, 3.63) is 57.3 Å². The maximum absolute atomic E-state index is 13.5. The molecule has 0 aromatic heterocycles. The van der Waals surface area contributed by atoms with Gasteiger partial charge in [0.15, 0.2) is 6.10 Å². The number of amides is 1. The van der Waals surface area contributed by atoms with Gasteiger partial charge in [0.05, 0.1) is 20.8 Å². The number of hydrogen-bond donors (Lipinski definition) is 1.